The average molecular weight is 344 g/mol. The van der Waals surface area contributed by atoms with Crippen LogP contribution in [-0.4, -0.2) is 37.0 Å². The van der Waals surface area contributed by atoms with Gasteiger partial charge in [-0.25, -0.2) is 0 Å². The predicted octanol–water partition coefficient (Wildman–Crippen LogP) is 3.57. The molecular formula is C20H28N2O3. The quantitative estimate of drug-likeness (QED) is 0.870. The fourth-order valence-electron chi connectivity index (χ4n) is 3.73. The number of hydrogen-bond donors (Lipinski definition) is 1. The minimum Gasteiger partial charge on any atom is -0.493 e. The second-order valence-electron chi connectivity index (χ2n) is 6.73. The summed E-state index contributed by atoms with van der Waals surface area (Å²) >= 11 is 0. The molecule has 2 heterocycles. The Balaban J connectivity index is 1.64. The summed E-state index contributed by atoms with van der Waals surface area (Å²) in [5.41, 5.74) is 0.803. The van der Waals surface area contributed by atoms with Crippen LogP contribution in [0.2, 0.25) is 0 Å². The van der Waals surface area contributed by atoms with Crippen LogP contribution in [0.1, 0.15) is 38.9 Å². The molecule has 1 aliphatic rings. The van der Waals surface area contributed by atoms with Crippen LogP contribution in [0.25, 0.3) is 11.0 Å². The molecule has 1 amide bonds. The van der Waals surface area contributed by atoms with Gasteiger partial charge in [-0.2, -0.15) is 0 Å². The van der Waals surface area contributed by atoms with Gasteiger partial charge in [0.1, 0.15) is 5.76 Å². The standard InChI is InChI=1S/C20H28N2O3/c1-4-14-13-22(19(23)5-2)10-9-17(14)21-12-16-11-15-7-6-8-18(24-3)20(15)25-16/h6-8,11,14,17,21H,4-5,9-10,12-13H2,1-3H3/t14-,17+/m1/s1. The zero-order valence-corrected chi connectivity index (χ0v) is 15.4. The molecule has 5 nitrogen and oxygen atoms in total. The van der Waals surface area contributed by atoms with Crippen molar-refractivity contribution < 1.29 is 13.9 Å². The zero-order chi connectivity index (χ0) is 17.8. The van der Waals surface area contributed by atoms with Crippen molar-refractivity contribution in [1.29, 1.82) is 0 Å². The molecule has 25 heavy (non-hydrogen) atoms. The number of nitrogens with zero attached hydrogens (tertiary/aromatic N) is 1. The number of amides is 1. The normalized spacial score (nSPS) is 20.8. The van der Waals surface area contributed by atoms with E-state index in [-0.39, 0.29) is 5.91 Å². The molecular weight excluding hydrogens is 316 g/mol. The molecule has 5 heteroatoms. The zero-order valence-electron chi connectivity index (χ0n) is 15.4. The number of carbonyl (C=O) groups excluding carboxylic acids is 1. The van der Waals surface area contributed by atoms with E-state index in [1.54, 1.807) is 7.11 Å². The van der Waals surface area contributed by atoms with Crippen molar-refractivity contribution in [3.05, 3.63) is 30.0 Å². The lowest BCUT2D eigenvalue weighted by atomic mass is 9.89. The monoisotopic (exact) mass is 344 g/mol. The first kappa shape index (κ1) is 17.8. The third kappa shape index (κ3) is 3.82. The molecule has 2 aromatic rings. The van der Waals surface area contributed by atoms with E-state index in [9.17, 15) is 4.79 Å². The fourth-order valence-corrected chi connectivity index (χ4v) is 3.73. The third-order valence-electron chi connectivity index (χ3n) is 5.23. The fraction of sp³-hybridized carbons (Fsp3) is 0.550. The van der Waals surface area contributed by atoms with Gasteiger partial charge >= 0.3 is 0 Å². The predicted molar refractivity (Wildman–Crippen MR) is 98.7 cm³/mol. The third-order valence-corrected chi connectivity index (χ3v) is 5.23. The van der Waals surface area contributed by atoms with Gasteiger partial charge < -0.3 is 19.4 Å². The number of benzene rings is 1. The second kappa shape index (κ2) is 7.91. The van der Waals surface area contributed by atoms with Crippen LogP contribution in [0.4, 0.5) is 0 Å². The van der Waals surface area contributed by atoms with Crippen molar-refractivity contribution >= 4 is 16.9 Å². The van der Waals surface area contributed by atoms with Crippen molar-refractivity contribution in [2.75, 3.05) is 20.2 Å². The van der Waals surface area contributed by atoms with Gasteiger partial charge in [0.15, 0.2) is 11.3 Å². The Morgan fingerprint density at radius 2 is 2.24 bits per heavy atom. The lowest BCUT2D eigenvalue weighted by Crippen LogP contribution is -2.50. The molecule has 1 fully saturated rings. The van der Waals surface area contributed by atoms with Crippen molar-refractivity contribution in [3.8, 4) is 5.75 Å². The number of furan rings is 1. The van der Waals surface area contributed by atoms with Gasteiger partial charge in [0.2, 0.25) is 5.91 Å². The molecule has 1 N–H and O–H groups in total. The SMILES string of the molecule is CCC(=O)N1CC[C@H](NCc2cc3cccc(OC)c3o2)[C@H](CC)C1. The molecule has 1 aliphatic heterocycles. The second-order valence-corrected chi connectivity index (χ2v) is 6.73. The first-order chi connectivity index (χ1) is 12.2. The molecule has 1 saturated heterocycles. The Kier molecular flexibility index (Phi) is 5.63. The van der Waals surface area contributed by atoms with E-state index < -0.39 is 0 Å². The van der Waals surface area contributed by atoms with E-state index in [4.69, 9.17) is 9.15 Å². The van der Waals surface area contributed by atoms with Crippen LogP contribution in [0.15, 0.2) is 28.7 Å². The van der Waals surface area contributed by atoms with Gasteiger partial charge in [-0.3, -0.25) is 4.79 Å². The molecule has 0 spiro atoms. The van der Waals surface area contributed by atoms with E-state index in [1.165, 1.54) is 0 Å². The number of fused-ring (bicyclic) bond motifs is 1. The number of nitrogens with one attached hydrogen (secondary N) is 1. The minimum atomic E-state index is 0.265. The highest BCUT2D eigenvalue weighted by Gasteiger charge is 2.29. The number of hydrogen-bond acceptors (Lipinski definition) is 4. The molecule has 0 bridgehead atoms. The highest BCUT2D eigenvalue weighted by atomic mass is 16.5. The molecule has 1 aromatic heterocycles. The van der Waals surface area contributed by atoms with Gasteiger partial charge in [-0.1, -0.05) is 32.4 Å². The number of likely N-dealkylation sites (tertiary alicyclic amines) is 1. The van der Waals surface area contributed by atoms with Crippen molar-refractivity contribution in [3.63, 3.8) is 0 Å². The van der Waals surface area contributed by atoms with Gasteiger partial charge in [0.25, 0.3) is 0 Å². The number of carbonyl (C=O) groups is 1. The van der Waals surface area contributed by atoms with Gasteiger partial charge in [-0.05, 0) is 24.5 Å². The molecule has 0 aliphatic carbocycles. The number of rotatable bonds is 6. The van der Waals surface area contributed by atoms with Crippen LogP contribution >= 0.6 is 0 Å². The number of piperidine rings is 1. The molecule has 0 unspecified atom stereocenters. The van der Waals surface area contributed by atoms with Gasteiger partial charge in [-0.15, -0.1) is 0 Å². The Morgan fingerprint density at radius 3 is 2.96 bits per heavy atom. The van der Waals surface area contributed by atoms with E-state index in [0.717, 1.165) is 48.4 Å². The van der Waals surface area contributed by atoms with E-state index in [1.807, 2.05) is 30.0 Å². The lowest BCUT2D eigenvalue weighted by Gasteiger charge is -2.38. The molecule has 2 atom stereocenters. The summed E-state index contributed by atoms with van der Waals surface area (Å²) < 4.78 is 11.3. The summed E-state index contributed by atoms with van der Waals surface area (Å²) in [6.45, 7) is 6.53. The average Bonchev–Trinajstić information content (AvgIpc) is 3.08. The highest BCUT2D eigenvalue weighted by molar-refractivity contribution is 5.83. The van der Waals surface area contributed by atoms with E-state index in [2.05, 4.69) is 18.3 Å². The lowest BCUT2D eigenvalue weighted by molar-refractivity contribution is -0.133. The number of para-hydroxylation sites is 1. The van der Waals surface area contributed by atoms with Crippen molar-refractivity contribution in [2.45, 2.75) is 45.7 Å². The first-order valence-corrected chi connectivity index (χ1v) is 9.22. The maximum absolute atomic E-state index is 12.0. The van der Waals surface area contributed by atoms with Gasteiger partial charge in [0, 0.05) is 30.9 Å². The Bertz CT molecular complexity index is 725. The van der Waals surface area contributed by atoms with Crippen molar-refractivity contribution in [1.82, 2.24) is 10.2 Å². The van der Waals surface area contributed by atoms with Crippen molar-refractivity contribution in [2.24, 2.45) is 5.92 Å². The van der Waals surface area contributed by atoms with Gasteiger partial charge in [0.05, 0.1) is 13.7 Å². The van der Waals surface area contributed by atoms with Crippen LogP contribution in [0.3, 0.4) is 0 Å². The smallest absolute Gasteiger partial charge is 0.222 e. The Hall–Kier alpha value is -2.01. The minimum absolute atomic E-state index is 0.265. The summed E-state index contributed by atoms with van der Waals surface area (Å²) in [7, 11) is 1.66. The first-order valence-electron chi connectivity index (χ1n) is 9.22. The van der Waals surface area contributed by atoms with Crippen LogP contribution in [0.5, 0.6) is 5.75 Å². The molecule has 3 rings (SSSR count). The van der Waals surface area contributed by atoms with Crippen LogP contribution in [0, 0.1) is 5.92 Å². The summed E-state index contributed by atoms with van der Waals surface area (Å²) in [6.07, 6.45) is 2.66. The van der Waals surface area contributed by atoms with E-state index >= 15 is 0 Å². The number of ether oxygens (including phenoxy) is 1. The molecule has 0 saturated carbocycles. The molecule has 136 valence electrons. The molecule has 0 radical (unpaired) electrons. The largest absolute Gasteiger partial charge is 0.493 e. The van der Waals surface area contributed by atoms with E-state index in [0.29, 0.717) is 24.9 Å². The maximum atomic E-state index is 12.0. The summed E-state index contributed by atoms with van der Waals surface area (Å²) in [5, 5.41) is 4.70. The number of methoxy groups -OCH3 is 1. The Morgan fingerprint density at radius 1 is 1.40 bits per heavy atom. The maximum Gasteiger partial charge on any atom is 0.222 e. The summed E-state index contributed by atoms with van der Waals surface area (Å²) in [4.78, 5) is 14.0. The summed E-state index contributed by atoms with van der Waals surface area (Å²) in [5.74, 6) is 2.44. The topological polar surface area (TPSA) is 54.7 Å². The van der Waals surface area contributed by atoms with Crippen LogP contribution < -0.4 is 10.1 Å². The van der Waals surface area contributed by atoms with Crippen LogP contribution in [-0.2, 0) is 11.3 Å². The molecule has 1 aromatic carbocycles. The Labute approximate surface area is 149 Å². The summed E-state index contributed by atoms with van der Waals surface area (Å²) in [6, 6.07) is 8.41. The highest BCUT2D eigenvalue weighted by Crippen LogP contribution is 2.29.